The average Bonchev–Trinajstić information content (AvgIpc) is 2.65. The van der Waals surface area contributed by atoms with E-state index >= 15 is 0 Å². The van der Waals surface area contributed by atoms with E-state index < -0.39 is 17.5 Å². The van der Waals surface area contributed by atoms with Crippen LogP contribution in [0.5, 0.6) is 5.75 Å². The van der Waals surface area contributed by atoms with Crippen molar-refractivity contribution >= 4 is 17.7 Å². The number of alkyl carbamates (subject to hydrolysis) is 1. The van der Waals surface area contributed by atoms with Crippen molar-refractivity contribution in [2.45, 2.75) is 32.8 Å². The average molecular weight is 324 g/mol. The molecule has 1 N–H and O–H groups in total. The van der Waals surface area contributed by atoms with Crippen molar-refractivity contribution in [1.29, 1.82) is 0 Å². The predicted molar refractivity (Wildman–Crippen MR) is 83.1 cm³/mol. The van der Waals surface area contributed by atoms with Gasteiger partial charge in [0.15, 0.2) is 0 Å². The predicted octanol–water partition coefficient (Wildman–Crippen LogP) is 2.47. The number of ether oxygens (including phenoxy) is 2. The van der Waals surface area contributed by atoms with Gasteiger partial charge in [0.25, 0.3) is 0 Å². The normalized spacial score (nSPS) is 14.3. The first kappa shape index (κ1) is 17.1. The summed E-state index contributed by atoms with van der Waals surface area (Å²) in [7, 11) is 0. The van der Waals surface area contributed by atoms with Crippen LogP contribution in [0.2, 0.25) is 0 Å². The Kier molecular flexibility index (Phi) is 5.08. The van der Waals surface area contributed by atoms with Crippen molar-refractivity contribution in [3.63, 3.8) is 0 Å². The van der Waals surface area contributed by atoms with Gasteiger partial charge in [-0.05, 0) is 39.3 Å². The molecule has 0 atom stereocenters. The number of carbonyl (C=O) groups excluding carboxylic acids is 2. The first-order valence-corrected chi connectivity index (χ1v) is 7.46. The highest BCUT2D eigenvalue weighted by Crippen LogP contribution is 2.31. The maximum absolute atomic E-state index is 13.5. The molecule has 0 radical (unpaired) electrons. The number of hydrogen-bond acceptors (Lipinski definition) is 4. The van der Waals surface area contributed by atoms with Gasteiger partial charge in [-0.1, -0.05) is 0 Å². The summed E-state index contributed by atoms with van der Waals surface area (Å²) in [4.78, 5) is 25.4. The molecule has 126 valence electrons. The van der Waals surface area contributed by atoms with E-state index in [0.717, 1.165) is 0 Å². The highest BCUT2D eigenvalue weighted by molar-refractivity contribution is 5.97. The molecule has 23 heavy (non-hydrogen) atoms. The van der Waals surface area contributed by atoms with Crippen LogP contribution >= 0.6 is 0 Å². The molecule has 0 aliphatic carbocycles. The van der Waals surface area contributed by atoms with Crippen molar-refractivity contribution in [2.24, 2.45) is 0 Å². The quantitative estimate of drug-likeness (QED) is 0.907. The Morgan fingerprint density at radius 3 is 2.83 bits per heavy atom. The van der Waals surface area contributed by atoms with E-state index in [1.165, 1.54) is 23.1 Å². The molecular weight excluding hydrogens is 303 g/mol. The SMILES string of the molecule is CC(C)(C)OC(=O)NCC(=O)N1CCCOc2ccc(F)cc21. The fourth-order valence-corrected chi connectivity index (χ4v) is 2.17. The first-order chi connectivity index (χ1) is 10.8. The second-order valence-corrected chi connectivity index (χ2v) is 6.21. The topological polar surface area (TPSA) is 67.9 Å². The zero-order chi connectivity index (χ0) is 17.0. The third-order valence-corrected chi connectivity index (χ3v) is 3.08. The van der Waals surface area contributed by atoms with Crippen molar-refractivity contribution in [1.82, 2.24) is 5.32 Å². The van der Waals surface area contributed by atoms with Crippen LogP contribution < -0.4 is 15.0 Å². The standard InChI is InChI=1S/C16H21FN2O4/c1-16(2,3)23-15(21)18-10-14(20)19-7-4-8-22-13-6-5-11(17)9-12(13)19/h5-6,9H,4,7-8,10H2,1-3H3,(H,18,21). The number of nitrogens with zero attached hydrogens (tertiary/aromatic N) is 1. The van der Waals surface area contributed by atoms with E-state index in [-0.39, 0.29) is 12.5 Å². The molecule has 0 saturated carbocycles. The number of hydrogen-bond donors (Lipinski definition) is 1. The number of anilines is 1. The van der Waals surface area contributed by atoms with Gasteiger partial charge in [0, 0.05) is 12.6 Å². The van der Waals surface area contributed by atoms with Crippen LogP contribution in [0.15, 0.2) is 18.2 Å². The Morgan fingerprint density at radius 1 is 1.39 bits per heavy atom. The number of carbonyl (C=O) groups is 2. The molecule has 0 saturated heterocycles. The van der Waals surface area contributed by atoms with E-state index in [9.17, 15) is 14.0 Å². The number of rotatable bonds is 2. The second kappa shape index (κ2) is 6.85. The largest absolute Gasteiger partial charge is 0.491 e. The molecule has 2 amide bonds. The summed E-state index contributed by atoms with van der Waals surface area (Å²) >= 11 is 0. The molecule has 1 aromatic rings. The third kappa shape index (κ3) is 4.84. The summed E-state index contributed by atoms with van der Waals surface area (Å²) in [6.45, 7) is 5.82. The molecule has 1 aliphatic heterocycles. The molecular formula is C16H21FN2O4. The lowest BCUT2D eigenvalue weighted by Crippen LogP contribution is -2.42. The Bertz CT molecular complexity index is 598. The summed E-state index contributed by atoms with van der Waals surface area (Å²) in [5.41, 5.74) is -0.266. The lowest BCUT2D eigenvalue weighted by atomic mass is 10.2. The minimum Gasteiger partial charge on any atom is -0.491 e. The van der Waals surface area contributed by atoms with Crippen LogP contribution in [-0.4, -0.2) is 37.3 Å². The molecule has 0 unspecified atom stereocenters. The molecule has 6 nitrogen and oxygen atoms in total. The second-order valence-electron chi connectivity index (χ2n) is 6.21. The smallest absolute Gasteiger partial charge is 0.408 e. The molecule has 1 aromatic carbocycles. The Hall–Kier alpha value is -2.31. The lowest BCUT2D eigenvalue weighted by molar-refractivity contribution is -0.117. The maximum atomic E-state index is 13.5. The number of benzene rings is 1. The number of fused-ring (bicyclic) bond motifs is 1. The van der Waals surface area contributed by atoms with E-state index in [1.807, 2.05) is 0 Å². The van der Waals surface area contributed by atoms with E-state index in [1.54, 1.807) is 20.8 Å². The van der Waals surface area contributed by atoms with Crippen molar-refractivity contribution < 1.29 is 23.5 Å². The van der Waals surface area contributed by atoms with Crippen LogP contribution in [0, 0.1) is 5.82 Å². The summed E-state index contributed by atoms with van der Waals surface area (Å²) in [6.07, 6.45) is -0.0505. The summed E-state index contributed by atoms with van der Waals surface area (Å²) in [5.74, 6) is -0.352. The summed E-state index contributed by atoms with van der Waals surface area (Å²) < 4.78 is 24.1. The van der Waals surface area contributed by atoms with Crippen LogP contribution in [0.4, 0.5) is 14.9 Å². The van der Waals surface area contributed by atoms with Gasteiger partial charge in [0.2, 0.25) is 5.91 Å². The van der Waals surface area contributed by atoms with Crippen LogP contribution in [0.25, 0.3) is 0 Å². The molecule has 0 spiro atoms. The number of amides is 2. The maximum Gasteiger partial charge on any atom is 0.408 e. The van der Waals surface area contributed by atoms with Crippen LogP contribution in [-0.2, 0) is 9.53 Å². The van der Waals surface area contributed by atoms with Gasteiger partial charge in [-0.15, -0.1) is 0 Å². The van der Waals surface area contributed by atoms with E-state index in [0.29, 0.717) is 31.0 Å². The van der Waals surface area contributed by atoms with Crippen LogP contribution in [0.3, 0.4) is 0 Å². The van der Waals surface area contributed by atoms with Gasteiger partial charge < -0.3 is 19.7 Å². The first-order valence-electron chi connectivity index (χ1n) is 7.46. The summed E-state index contributed by atoms with van der Waals surface area (Å²) in [5, 5.41) is 2.42. The zero-order valence-electron chi connectivity index (χ0n) is 13.5. The molecule has 0 fully saturated rings. The lowest BCUT2D eigenvalue weighted by Gasteiger charge is -2.23. The Morgan fingerprint density at radius 2 is 2.13 bits per heavy atom. The van der Waals surface area contributed by atoms with Gasteiger partial charge in [-0.3, -0.25) is 4.79 Å². The molecule has 1 heterocycles. The summed E-state index contributed by atoms with van der Waals surface area (Å²) in [6, 6.07) is 4.04. The molecule has 2 rings (SSSR count). The number of halogens is 1. The Balaban J connectivity index is 2.05. The van der Waals surface area contributed by atoms with Crippen molar-refractivity contribution in [2.75, 3.05) is 24.6 Å². The van der Waals surface area contributed by atoms with E-state index in [2.05, 4.69) is 5.32 Å². The molecule has 1 aliphatic rings. The fourth-order valence-electron chi connectivity index (χ4n) is 2.17. The fraction of sp³-hybridized carbons (Fsp3) is 0.500. The van der Waals surface area contributed by atoms with Gasteiger partial charge in [0.1, 0.15) is 23.7 Å². The zero-order valence-corrected chi connectivity index (χ0v) is 13.5. The minimum absolute atomic E-state index is 0.231. The van der Waals surface area contributed by atoms with Crippen molar-refractivity contribution in [3.05, 3.63) is 24.0 Å². The molecule has 0 bridgehead atoms. The highest BCUT2D eigenvalue weighted by Gasteiger charge is 2.24. The Labute approximate surface area is 134 Å². The van der Waals surface area contributed by atoms with Gasteiger partial charge in [-0.2, -0.15) is 0 Å². The molecule has 0 aromatic heterocycles. The third-order valence-electron chi connectivity index (χ3n) is 3.08. The monoisotopic (exact) mass is 324 g/mol. The van der Waals surface area contributed by atoms with Gasteiger partial charge >= 0.3 is 6.09 Å². The molecule has 7 heteroatoms. The van der Waals surface area contributed by atoms with Crippen molar-refractivity contribution in [3.8, 4) is 5.75 Å². The highest BCUT2D eigenvalue weighted by atomic mass is 19.1. The minimum atomic E-state index is -0.670. The van der Waals surface area contributed by atoms with Gasteiger partial charge in [0.05, 0.1) is 12.3 Å². The van der Waals surface area contributed by atoms with E-state index in [4.69, 9.17) is 9.47 Å². The van der Waals surface area contributed by atoms with Crippen LogP contribution in [0.1, 0.15) is 27.2 Å². The number of nitrogens with one attached hydrogen (secondary N) is 1. The van der Waals surface area contributed by atoms with Gasteiger partial charge in [-0.25, -0.2) is 9.18 Å².